The van der Waals surface area contributed by atoms with E-state index < -0.39 is 12.7 Å². The minimum absolute atomic E-state index is 0.230. The summed E-state index contributed by atoms with van der Waals surface area (Å²) in [7, 11) is 0. The molecule has 2 nitrogen and oxygen atoms in total. The van der Waals surface area contributed by atoms with Gasteiger partial charge in [-0.15, -0.1) is 11.6 Å². The van der Waals surface area contributed by atoms with Crippen LogP contribution in [0.4, 0.5) is 13.2 Å². The molecule has 98 valence electrons. The molecule has 0 aromatic heterocycles. The monoisotopic (exact) mass is 260 g/mol. The SMILES string of the molecule is CCN(CC)CCN(CCCl)CC(F)(F)F. The van der Waals surface area contributed by atoms with Crippen molar-refractivity contribution in [3.8, 4) is 0 Å². The fraction of sp³-hybridized carbons (Fsp3) is 1.00. The van der Waals surface area contributed by atoms with Crippen LogP contribution in [0.2, 0.25) is 0 Å². The molecule has 0 saturated heterocycles. The highest BCUT2D eigenvalue weighted by Gasteiger charge is 2.30. The minimum atomic E-state index is -4.14. The van der Waals surface area contributed by atoms with Crippen LogP contribution in [-0.2, 0) is 0 Å². The molecule has 0 spiro atoms. The smallest absolute Gasteiger partial charge is 0.303 e. The van der Waals surface area contributed by atoms with Crippen LogP contribution in [-0.4, -0.2) is 61.1 Å². The van der Waals surface area contributed by atoms with Crippen molar-refractivity contribution in [1.82, 2.24) is 9.80 Å². The van der Waals surface area contributed by atoms with E-state index in [1.54, 1.807) is 0 Å². The molecule has 0 amide bonds. The number of hydrogen-bond donors (Lipinski definition) is 0. The molecule has 0 aliphatic carbocycles. The maximum absolute atomic E-state index is 12.2. The van der Waals surface area contributed by atoms with E-state index in [0.29, 0.717) is 13.1 Å². The topological polar surface area (TPSA) is 6.48 Å². The second-order valence-electron chi connectivity index (χ2n) is 3.61. The van der Waals surface area contributed by atoms with Crippen molar-refractivity contribution in [2.24, 2.45) is 0 Å². The first kappa shape index (κ1) is 16.0. The van der Waals surface area contributed by atoms with Gasteiger partial charge in [0.05, 0.1) is 6.54 Å². The van der Waals surface area contributed by atoms with Gasteiger partial charge in [-0.3, -0.25) is 4.90 Å². The zero-order valence-corrected chi connectivity index (χ0v) is 10.6. The first-order valence-electron chi connectivity index (χ1n) is 5.50. The number of halogens is 4. The molecule has 0 saturated carbocycles. The largest absolute Gasteiger partial charge is 0.401 e. The molecular weight excluding hydrogens is 241 g/mol. The summed E-state index contributed by atoms with van der Waals surface area (Å²) in [5, 5.41) is 0. The molecule has 16 heavy (non-hydrogen) atoms. The van der Waals surface area contributed by atoms with Crippen molar-refractivity contribution in [2.75, 3.05) is 45.1 Å². The highest BCUT2D eigenvalue weighted by atomic mass is 35.5. The normalized spacial score (nSPS) is 12.8. The Morgan fingerprint density at radius 3 is 1.81 bits per heavy atom. The van der Waals surface area contributed by atoms with Gasteiger partial charge in [0.25, 0.3) is 0 Å². The second kappa shape index (κ2) is 8.14. The van der Waals surface area contributed by atoms with Crippen molar-refractivity contribution < 1.29 is 13.2 Å². The van der Waals surface area contributed by atoms with Gasteiger partial charge in [0, 0.05) is 25.5 Å². The van der Waals surface area contributed by atoms with E-state index in [4.69, 9.17) is 11.6 Å². The van der Waals surface area contributed by atoms with Gasteiger partial charge in [0.1, 0.15) is 0 Å². The van der Waals surface area contributed by atoms with Crippen molar-refractivity contribution in [2.45, 2.75) is 20.0 Å². The van der Waals surface area contributed by atoms with Crippen molar-refractivity contribution >= 4 is 11.6 Å². The van der Waals surface area contributed by atoms with E-state index in [1.165, 1.54) is 4.90 Å². The van der Waals surface area contributed by atoms with Gasteiger partial charge in [-0.25, -0.2) is 0 Å². The molecule has 0 heterocycles. The summed E-state index contributed by atoms with van der Waals surface area (Å²) in [6.45, 7) is 6.18. The van der Waals surface area contributed by atoms with E-state index in [9.17, 15) is 13.2 Å². The Morgan fingerprint density at radius 1 is 0.938 bits per heavy atom. The molecule has 0 aromatic rings. The summed E-state index contributed by atoms with van der Waals surface area (Å²) in [5.41, 5.74) is 0. The Kier molecular flexibility index (Phi) is 8.14. The molecule has 0 radical (unpaired) electrons. The van der Waals surface area contributed by atoms with Crippen LogP contribution in [0.1, 0.15) is 13.8 Å². The highest BCUT2D eigenvalue weighted by Crippen LogP contribution is 2.16. The molecule has 0 rings (SSSR count). The number of alkyl halides is 4. The van der Waals surface area contributed by atoms with Gasteiger partial charge in [-0.2, -0.15) is 13.2 Å². The van der Waals surface area contributed by atoms with E-state index in [2.05, 4.69) is 4.90 Å². The Bertz CT molecular complexity index is 172. The lowest BCUT2D eigenvalue weighted by Crippen LogP contribution is -2.41. The molecule has 0 bridgehead atoms. The predicted octanol–water partition coefficient (Wildman–Crippen LogP) is 2.43. The summed E-state index contributed by atoms with van der Waals surface area (Å²) in [6.07, 6.45) is -4.14. The molecule has 0 aliphatic rings. The molecule has 0 fully saturated rings. The quantitative estimate of drug-likeness (QED) is 0.619. The van der Waals surface area contributed by atoms with Gasteiger partial charge in [0.2, 0.25) is 0 Å². The molecule has 0 atom stereocenters. The summed E-state index contributed by atoms with van der Waals surface area (Å²) >= 11 is 5.49. The maximum Gasteiger partial charge on any atom is 0.401 e. The van der Waals surface area contributed by atoms with Crippen LogP contribution >= 0.6 is 11.6 Å². The van der Waals surface area contributed by atoms with E-state index in [-0.39, 0.29) is 12.4 Å². The predicted molar refractivity (Wildman–Crippen MR) is 61.0 cm³/mol. The summed E-state index contributed by atoms with van der Waals surface area (Å²) < 4.78 is 36.7. The first-order valence-corrected chi connectivity index (χ1v) is 6.03. The lowest BCUT2D eigenvalue weighted by Gasteiger charge is -2.26. The van der Waals surface area contributed by atoms with Crippen molar-refractivity contribution in [3.63, 3.8) is 0 Å². The van der Waals surface area contributed by atoms with Crippen molar-refractivity contribution in [3.05, 3.63) is 0 Å². The van der Waals surface area contributed by atoms with E-state index >= 15 is 0 Å². The van der Waals surface area contributed by atoms with E-state index in [0.717, 1.165) is 13.1 Å². The average Bonchev–Trinajstić information content (AvgIpc) is 2.17. The van der Waals surface area contributed by atoms with Crippen LogP contribution in [0, 0.1) is 0 Å². The molecule has 0 unspecified atom stereocenters. The Balaban J connectivity index is 4.02. The third kappa shape index (κ3) is 8.19. The minimum Gasteiger partial charge on any atom is -0.303 e. The highest BCUT2D eigenvalue weighted by molar-refractivity contribution is 6.18. The zero-order valence-electron chi connectivity index (χ0n) is 9.86. The number of nitrogens with zero attached hydrogens (tertiary/aromatic N) is 2. The van der Waals surface area contributed by atoms with Gasteiger partial charge in [-0.1, -0.05) is 13.8 Å². The second-order valence-corrected chi connectivity index (χ2v) is 3.99. The average molecular weight is 261 g/mol. The van der Waals surface area contributed by atoms with Crippen LogP contribution in [0.15, 0.2) is 0 Å². The van der Waals surface area contributed by atoms with Crippen LogP contribution in [0.25, 0.3) is 0 Å². The standard InChI is InChI=1S/C10H20ClF3N2/c1-3-15(4-2)7-8-16(6-5-11)9-10(12,13)14/h3-9H2,1-2H3. The number of rotatable bonds is 8. The molecule has 0 aromatic carbocycles. The van der Waals surface area contributed by atoms with Crippen LogP contribution < -0.4 is 0 Å². The lowest BCUT2D eigenvalue weighted by molar-refractivity contribution is -0.145. The fourth-order valence-electron chi connectivity index (χ4n) is 1.47. The first-order chi connectivity index (χ1) is 7.42. The third-order valence-corrected chi connectivity index (χ3v) is 2.60. The van der Waals surface area contributed by atoms with Gasteiger partial charge >= 0.3 is 6.18 Å². The Morgan fingerprint density at radius 2 is 1.44 bits per heavy atom. The zero-order chi connectivity index (χ0) is 12.6. The third-order valence-electron chi connectivity index (χ3n) is 2.43. The Labute approximate surface area is 100 Å². The summed E-state index contributed by atoms with van der Waals surface area (Å²) in [4.78, 5) is 3.45. The Hall–Kier alpha value is -0.0000000000000000555. The van der Waals surface area contributed by atoms with E-state index in [1.807, 2.05) is 13.8 Å². The van der Waals surface area contributed by atoms with Gasteiger partial charge < -0.3 is 4.90 Å². The molecule has 0 aliphatic heterocycles. The number of likely N-dealkylation sites (N-methyl/N-ethyl adjacent to an activating group) is 1. The lowest BCUT2D eigenvalue weighted by atomic mass is 10.4. The van der Waals surface area contributed by atoms with Gasteiger partial charge in [-0.05, 0) is 13.1 Å². The summed E-state index contributed by atoms with van der Waals surface area (Å²) in [6, 6.07) is 0. The summed E-state index contributed by atoms with van der Waals surface area (Å²) in [5.74, 6) is 0.230. The van der Waals surface area contributed by atoms with Crippen molar-refractivity contribution in [1.29, 1.82) is 0 Å². The maximum atomic E-state index is 12.2. The van der Waals surface area contributed by atoms with Crippen LogP contribution in [0.5, 0.6) is 0 Å². The molecule has 6 heteroatoms. The molecular formula is C10H20ClF3N2. The molecule has 0 N–H and O–H groups in total. The fourth-order valence-corrected chi connectivity index (χ4v) is 1.70. The number of hydrogen-bond acceptors (Lipinski definition) is 2. The van der Waals surface area contributed by atoms with Crippen LogP contribution in [0.3, 0.4) is 0 Å². The van der Waals surface area contributed by atoms with Gasteiger partial charge in [0.15, 0.2) is 0 Å².